The van der Waals surface area contributed by atoms with Gasteiger partial charge in [0, 0.05) is 29.7 Å². The molecule has 0 saturated heterocycles. The molecule has 0 radical (unpaired) electrons. The van der Waals surface area contributed by atoms with Crippen LogP contribution in [0.2, 0.25) is 0 Å². The fraction of sp³-hybridized carbons (Fsp3) is 0.545. The lowest BCUT2D eigenvalue weighted by atomic mass is 9.88. The zero-order valence-electron chi connectivity index (χ0n) is 17.5. The molecule has 0 atom stereocenters. The van der Waals surface area contributed by atoms with Crippen LogP contribution in [0.25, 0.3) is 0 Å². The van der Waals surface area contributed by atoms with Crippen LogP contribution >= 0.6 is 0 Å². The van der Waals surface area contributed by atoms with Crippen LogP contribution < -0.4 is 0 Å². The quantitative estimate of drug-likeness (QED) is 0.530. The maximum Gasteiger partial charge on any atom is 0.0457 e. The summed E-state index contributed by atoms with van der Waals surface area (Å²) in [4.78, 5) is 8.30. The summed E-state index contributed by atoms with van der Waals surface area (Å²) < 4.78 is 0. The number of hydrogen-bond acceptors (Lipinski definition) is 2. The van der Waals surface area contributed by atoms with Crippen LogP contribution in [0.3, 0.4) is 0 Å². The van der Waals surface area contributed by atoms with Crippen molar-refractivity contribution in [2.45, 2.75) is 80.1 Å². The van der Waals surface area contributed by atoms with Crippen LogP contribution in [0.15, 0.2) is 48.9 Å². The molecule has 24 heavy (non-hydrogen) atoms. The lowest BCUT2D eigenvalue weighted by molar-refractivity contribution is 0.569. The Kier molecular flexibility index (Phi) is 13.0. The molecule has 2 aromatic rings. The highest BCUT2D eigenvalue weighted by Gasteiger charge is 2.13. The second-order valence-electron chi connectivity index (χ2n) is 6.96. The highest BCUT2D eigenvalue weighted by molar-refractivity contribution is 5.17. The highest BCUT2D eigenvalue weighted by Crippen LogP contribution is 2.20. The van der Waals surface area contributed by atoms with Crippen molar-refractivity contribution >= 4 is 0 Å². The van der Waals surface area contributed by atoms with E-state index in [1.54, 1.807) is 6.20 Å². The lowest BCUT2D eigenvalue weighted by Crippen LogP contribution is -2.12. The van der Waals surface area contributed by atoms with Gasteiger partial charge in [-0.15, -0.1) is 0 Å². The van der Waals surface area contributed by atoms with E-state index in [0.717, 1.165) is 5.69 Å². The predicted octanol–water partition coefficient (Wildman–Crippen LogP) is 6.81. The van der Waals surface area contributed by atoms with Crippen LogP contribution in [0, 0.1) is 0 Å². The maximum absolute atomic E-state index is 4.25. The smallest absolute Gasteiger partial charge is 0.0457 e. The summed E-state index contributed by atoms with van der Waals surface area (Å²) in [7, 11) is 0. The Hall–Kier alpha value is -1.70. The van der Waals surface area contributed by atoms with Crippen LogP contribution in [-0.2, 0) is 10.8 Å². The van der Waals surface area contributed by atoms with Crippen molar-refractivity contribution in [3.8, 4) is 0 Å². The van der Waals surface area contributed by atoms with E-state index in [9.17, 15) is 0 Å². The Morgan fingerprint density at radius 1 is 0.667 bits per heavy atom. The summed E-state index contributed by atoms with van der Waals surface area (Å²) in [6.45, 7) is 21.0. The van der Waals surface area contributed by atoms with Crippen molar-refractivity contribution < 1.29 is 0 Å². The second kappa shape index (κ2) is 12.7. The summed E-state index contributed by atoms with van der Waals surface area (Å²) >= 11 is 0. The molecular weight excluding hydrogens is 292 g/mol. The van der Waals surface area contributed by atoms with Gasteiger partial charge in [-0.2, -0.15) is 0 Å². The molecule has 2 heteroatoms. The zero-order chi connectivity index (χ0) is 19.2. The van der Waals surface area contributed by atoms with Gasteiger partial charge in [-0.1, -0.05) is 81.4 Å². The third-order valence-electron chi connectivity index (χ3n) is 2.96. The molecule has 0 bridgehead atoms. The molecule has 0 fully saturated rings. The molecule has 0 N–H and O–H groups in total. The summed E-state index contributed by atoms with van der Waals surface area (Å²) in [6, 6.07) is 10.1. The minimum Gasteiger partial charge on any atom is -0.264 e. The summed E-state index contributed by atoms with van der Waals surface area (Å²) in [6.07, 6.45) is 5.55. The van der Waals surface area contributed by atoms with Crippen LogP contribution in [0.5, 0.6) is 0 Å². The summed E-state index contributed by atoms with van der Waals surface area (Å²) in [5.74, 6) is 0. The number of rotatable bonds is 0. The van der Waals surface area contributed by atoms with Crippen molar-refractivity contribution in [2.75, 3.05) is 0 Å². The van der Waals surface area contributed by atoms with E-state index < -0.39 is 0 Å². The summed E-state index contributed by atoms with van der Waals surface area (Å²) in [5, 5.41) is 0. The Labute approximate surface area is 150 Å². The minimum atomic E-state index is 0.182. The molecule has 0 aromatic carbocycles. The number of nitrogens with zero attached hydrogens (tertiary/aromatic N) is 2. The Morgan fingerprint density at radius 2 is 1.25 bits per heavy atom. The van der Waals surface area contributed by atoms with Crippen molar-refractivity contribution in [2.24, 2.45) is 0 Å². The lowest BCUT2D eigenvalue weighted by Gasteiger charge is -2.17. The third-order valence-corrected chi connectivity index (χ3v) is 2.96. The first-order valence-electron chi connectivity index (χ1n) is 9.03. The van der Waals surface area contributed by atoms with E-state index in [1.807, 2.05) is 58.3 Å². The van der Waals surface area contributed by atoms with Gasteiger partial charge in [0.15, 0.2) is 0 Å². The van der Waals surface area contributed by atoms with Gasteiger partial charge in [0.05, 0.1) is 0 Å². The molecule has 0 saturated carbocycles. The van der Waals surface area contributed by atoms with Crippen molar-refractivity contribution in [1.29, 1.82) is 0 Å². The zero-order valence-corrected chi connectivity index (χ0v) is 17.5. The van der Waals surface area contributed by atoms with E-state index in [1.165, 1.54) is 5.56 Å². The molecule has 2 heterocycles. The normalized spacial score (nSPS) is 10.1. The summed E-state index contributed by atoms with van der Waals surface area (Å²) in [5.41, 5.74) is 2.85. The Balaban J connectivity index is 0. The number of hydrogen-bond donors (Lipinski definition) is 0. The fourth-order valence-corrected chi connectivity index (χ4v) is 1.61. The molecule has 0 amide bonds. The monoisotopic (exact) mass is 330 g/mol. The molecule has 136 valence electrons. The first-order valence-corrected chi connectivity index (χ1v) is 9.03. The van der Waals surface area contributed by atoms with Crippen LogP contribution in [-0.4, -0.2) is 9.97 Å². The van der Waals surface area contributed by atoms with Crippen molar-refractivity contribution in [1.82, 2.24) is 9.97 Å². The maximum atomic E-state index is 4.25. The van der Waals surface area contributed by atoms with E-state index in [0.29, 0.717) is 0 Å². The standard InChI is InChI=1S/2C9H13N.2C2H6/c1-9(2,3)8-5-4-6-10-7-8;1-9(2,3)8-6-4-5-7-10-8;2*1-2/h2*4-7H,1-3H3;2*1-2H3. The van der Waals surface area contributed by atoms with Crippen molar-refractivity contribution in [3.63, 3.8) is 0 Å². The van der Waals surface area contributed by atoms with Gasteiger partial charge in [0.2, 0.25) is 0 Å². The largest absolute Gasteiger partial charge is 0.264 e. The van der Waals surface area contributed by atoms with Gasteiger partial charge in [0.1, 0.15) is 0 Å². The molecular formula is C22H38N2. The highest BCUT2D eigenvalue weighted by atomic mass is 14.7. The second-order valence-corrected chi connectivity index (χ2v) is 6.96. The van der Waals surface area contributed by atoms with E-state index in [2.05, 4.69) is 63.6 Å². The molecule has 0 spiro atoms. The SMILES string of the molecule is CC.CC.CC(C)(C)c1ccccn1.CC(C)(C)c1cccnc1. The third kappa shape index (κ3) is 10.9. The van der Waals surface area contributed by atoms with E-state index >= 15 is 0 Å². The molecule has 0 aliphatic rings. The fourth-order valence-electron chi connectivity index (χ4n) is 1.61. The van der Waals surface area contributed by atoms with Crippen LogP contribution in [0.1, 0.15) is 80.5 Å². The first kappa shape index (κ1) is 24.6. The number of pyridine rings is 2. The van der Waals surface area contributed by atoms with E-state index in [-0.39, 0.29) is 10.8 Å². The Bertz CT molecular complexity index is 441. The minimum absolute atomic E-state index is 0.182. The van der Waals surface area contributed by atoms with Gasteiger partial charge in [-0.3, -0.25) is 9.97 Å². The predicted molar refractivity (Wildman–Crippen MR) is 109 cm³/mol. The average Bonchev–Trinajstić information content (AvgIpc) is 2.59. The van der Waals surface area contributed by atoms with Crippen LogP contribution in [0.4, 0.5) is 0 Å². The molecule has 0 aliphatic carbocycles. The van der Waals surface area contributed by atoms with Gasteiger partial charge < -0.3 is 0 Å². The van der Waals surface area contributed by atoms with Gasteiger partial charge in [-0.05, 0) is 29.2 Å². The molecule has 2 aromatic heterocycles. The first-order chi connectivity index (χ1) is 11.2. The topological polar surface area (TPSA) is 25.8 Å². The Morgan fingerprint density at radius 3 is 1.50 bits per heavy atom. The van der Waals surface area contributed by atoms with Gasteiger partial charge in [-0.25, -0.2) is 0 Å². The van der Waals surface area contributed by atoms with Crippen molar-refractivity contribution in [3.05, 3.63) is 60.2 Å². The number of aromatic nitrogens is 2. The van der Waals surface area contributed by atoms with Gasteiger partial charge >= 0.3 is 0 Å². The molecule has 2 rings (SSSR count). The van der Waals surface area contributed by atoms with Gasteiger partial charge in [0.25, 0.3) is 0 Å². The van der Waals surface area contributed by atoms with E-state index in [4.69, 9.17) is 0 Å². The molecule has 0 unspecified atom stereocenters. The molecule has 0 aliphatic heterocycles. The average molecular weight is 331 g/mol. The molecule has 2 nitrogen and oxygen atoms in total.